The quantitative estimate of drug-likeness (QED) is 0.619. The highest BCUT2D eigenvalue weighted by Crippen LogP contribution is 2.17. The first-order chi connectivity index (χ1) is 8.52. The predicted molar refractivity (Wildman–Crippen MR) is 63.6 cm³/mol. The molecular weight excluding hydrogens is 236 g/mol. The second-order valence-electron chi connectivity index (χ2n) is 3.84. The number of rotatable bonds is 4. The number of carbonyl (C=O) groups excluding carboxylic acids is 1. The number of aliphatic carboxylic acids is 1. The number of aryl methyl sites for hydroxylation is 1. The number of oxazole rings is 1. The summed E-state index contributed by atoms with van der Waals surface area (Å²) in [5, 5.41) is 11.4. The third-order valence-corrected chi connectivity index (χ3v) is 2.58. The molecule has 1 aromatic carbocycles. The van der Waals surface area contributed by atoms with Crippen LogP contribution in [0.3, 0.4) is 0 Å². The van der Waals surface area contributed by atoms with Gasteiger partial charge in [-0.15, -0.1) is 0 Å². The zero-order chi connectivity index (χ0) is 13.3. The van der Waals surface area contributed by atoms with Crippen molar-refractivity contribution in [1.82, 2.24) is 10.3 Å². The van der Waals surface area contributed by atoms with Gasteiger partial charge in [-0.05, 0) is 25.2 Å². The molecule has 0 aliphatic heterocycles. The van der Waals surface area contributed by atoms with Crippen molar-refractivity contribution in [1.29, 1.82) is 0 Å². The zero-order valence-electron chi connectivity index (χ0n) is 9.93. The van der Waals surface area contributed by atoms with Gasteiger partial charge in [-0.3, -0.25) is 9.59 Å². The molecule has 6 nitrogen and oxygen atoms in total. The van der Waals surface area contributed by atoms with Crippen molar-refractivity contribution < 1.29 is 19.1 Å². The van der Waals surface area contributed by atoms with E-state index in [-0.39, 0.29) is 5.56 Å². The van der Waals surface area contributed by atoms with Gasteiger partial charge in [-0.1, -0.05) is 0 Å². The molecule has 2 aromatic rings. The fourth-order valence-corrected chi connectivity index (χ4v) is 1.73. The molecular formula is C12H12N2O4. The average Bonchev–Trinajstić information content (AvgIpc) is 2.68. The van der Waals surface area contributed by atoms with Crippen LogP contribution in [0.5, 0.6) is 0 Å². The van der Waals surface area contributed by atoms with Gasteiger partial charge >= 0.3 is 5.97 Å². The van der Waals surface area contributed by atoms with Crippen molar-refractivity contribution in [2.45, 2.75) is 13.0 Å². The number of carbonyl (C=O) groups is 2. The number of Topliss-reactive ketones (excluding diaryl/α,β-unsaturated/α-hetero) is 1. The molecule has 0 amide bonds. The van der Waals surface area contributed by atoms with Gasteiger partial charge < -0.3 is 14.8 Å². The molecule has 6 heteroatoms. The number of ketones is 1. The first kappa shape index (κ1) is 12.3. The fourth-order valence-electron chi connectivity index (χ4n) is 1.73. The molecule has 2 rings (SSSR count). The number of carboxylic acids is 1. The van der Waals surface area contributed by atoms with E-state index in [2.05, 4.69) is 10.3 Å². The zero-order valence-corrected chi connectivity index (χ0v) is 9.93. The number of benzene rings is 1. The van der Waals surface area contributed by atoms with E-state index in [4.69, 9.17) is 9.52 Å². The van der Waals surface area contributed by atoms with E-state index in [1.807, 2.05) is 0 Å². The van der Waals surface area contributed by atoms with Gasteiger partial charge in [0, 0.05) is 12.5 Å². The molecule has 0 fully saturated rings. The van der Waals surface area contributed by atoms with Crippen LogP contribution in [0.1, 0.15) is 16.2 Å². The minimum Gasteiger partial charge on any atom is -0.480 e. The predicted octanol–water partition coefficient (Wildman–Crippen LogP) is 0.992. The van der Waals surface area contributed by atoms with Crippen LogP contribution >= 0.6 is 0 Å². The Morgan fingerprint density at radius 3 is 2.78 bits per heavy atom. The standard InChI is InChI=1S/C12H12N2O4/c1-6-14-8-5-7(3-4-9(8)18-6)11(15)10(13-2)12(16)17/h3-5,10,13H,1-2H3,(H,16,17). The Morgan fingerprint density at radius 1 is 1.44 bits per heavy atom. The minimum absolute atomic E-state index is 0.289. The Labute approximate surface area is 103 Å². The van der Waals surface area contributed by atoms with E-state index in [0.717, 1.165) is 0 Å². The smallest absolute Gasteiger partial charge is 0.328 e. The number of nitrogens with zero attached hydrogens (tertiary/aromatic N) is 1. The lowest BCUT2D eigenvalue weighted by molar-refractivity contribution is -0.137. The number of fused-ring (bicyclic) bond motifs is 1. The lowest BCUT2D eigenvalue weighted by atomic mass is 10.0. The van der Waals surface area contributed by atoms with E-state index >= 15 is 0 Å². The normalized spacial score (nSPS) is 12.6. The average molecular weight is 248 g/mol. The molecule has 0 spiro atoms. The Kier molecular flexibility index (Phi) is 3.12. The summed E-state index contributed by atoms with van der Waals surface area (Å²) in [4.78, 5) is 27.0. The van der Waals surface area contributed by atoms with Gasteiger partial charge in [-0.2, -0.15) is 0 Å². The SMILES string of the molecule is CNC(C(=O)O)C(=O)c1ccc2oc(C)nc2c1. The second-order valence-corrected chi connectivity index (χ2v) is 3.84. The molecule has 1 unspecified atom stereocenters. The van der Waals surface area contributed by atoms with Crippen LogP contribution in [0.2, 0.25) is 0 Å². The molecule has 18 heavy (non-hydrogen) atoms. The molecule has 0 saturated heterocycles. The summed E-state index contributed by atoms with van der Waals surface area (Å²) in [6, 6.07) is 3.41. The van der Waals surface area contributed by atoms with Gasteiger partial charge in [0.05, 0.1) is 0 Å². The van der Waals surface area contributed by atoms with Crippen molar-refractivity contribution in [3.05, 3.63) is 29.7 Å². The van der Waals surface area contributed by atoms with Crippen LogP contribution in [0.4, 0.5) is 0 Å². The second kappa shape index (κ2) is 4.58. The molecule has 1 heterocycles. The Morgan fingerprint density at radius 2 is 2.17 bits per heavy atom. The summed E-state index contributed by atoms with van der Waals surface area (Å²) < 4.78 is 5.28. The van der Waals surface area contributed by atoms with Crippen LogP contribution in [-0.4, -0.2) is 34.9 Å². The molecule has 94 valence electrons. The molecule has 0 aliphatic rings. The Bertz CT molecular complexity index is 618. The van der Waals surface area contributed by atoms with Gasteiger partial charge in [0.25, 0.3) is 0 Å². The minimum atomic E-state index is -1.25. The maximum atomic E-state index is 12.0. The number of aromatic nitrogens is 1. The van der Waals surface area contributed by atoms with E-state index < -0.39 is 17.8 Å². The summed E-state index contributed by atoms with van der Waals surface area (Å²) in [5.41, 5.74) is 1.40. The van der Waals surface area contributed by atoms with Gasteiger partial charge in [-0.25, -0.2) is 4.98 Å². The molecule has 0 radical (unpaired) electrons. The summed E-state index contributed by atoms with van der Waals surface area (Å²) in [6.07, 6.45) is 0. The van der Waals surface area contributed by atoms with Gasteiger partial charge in [0.1, 0.15) is 5.52 Å². The third kappa shape index (κ3) is 2.10. The highest BCUT2D eigenvalue weighted by atomic mass is 16.4. The maximum Gasteiger partial charge on any atom is 0.328 e. The summed E-state index contributed by atoms with van der Waals surface area (Å²) >= 11 is 0. The van der Waals surface area contributed by atoms with E-state index in [1.54, 1.807) is 13.0 Å². The van der Waals surface area contributed by atoms with Crippen LogP contribution < -0.4 is 5.32 Å². The van der Waals surface area contributed by atoms with E-state index in [0.29, 0.717) is 17.0 Å². The molecule has 1 atom stereocenters. The van der Waals surface area contributed by atoms with Crippen LogP contribution in [-0.2, 0) is 4.79 Å². The number of hydrogen-bond acceptors (Lipinski definition) is 5. The van der Waals surface area contributed by atoms with Crippen LogP contribution in [0.15, 0.2) is 22.6 Å². The van der Waals surface area contributed by atoms with E-state index in [1.165, 1.54) is 19.2 Å². The van der Waals surface area contributed by atoms with Crippen molar-refractivity contribution >= 4 is 22.9 Å². The number of nitrogens with one attached hydrogen (secondary N) is 1. The summed E-state index contributed by atoms with van der Waals surface area (Å²) in [7, 11) is 1.43. The highest BCUT2D eigenvalue weighted by molar-refractivity contribution is 6.12. The van der Waals surface area contributed by atoms with E-state index in [9.17, 15) is 9.59 Å². The van der Waals surface area contributed by atoms with Gasteiger partial charge in [0.2, 0.25) is 0 Å². The van der Waals surface area contributed by atoms with Crippen LogP contribution in [0, 0.1) is 6.92 Å². The Balaban J connectivity index is 2.41. The monoisotopic (exact) mass is 248 g/mol. The van der Waals surface area contributed by atoms with Gasteiger partial charge in [0.15, 0.2) is 23.3 Å². The van der Waals surface area contributed by atoms with Crippen LogP contribution in [0.25, 0.3) is 11.1 Å². The third-order valence-electron chi connectivity index (χ3n) is 2.58. The molecule has 0 aliphatic carbocycles. The first-order valence-corrected chi connectivity index (χ1v) is 5.34. The highest BCUT2D eigenvalue weighted by Gasteiger charge is 2.25. The Hall–Kier alpha value is -2.21. The molecule has 0 saturated carbocycles. The molecule has 2 N–H and O–H groups in total. The number of likely N-dealkylation sites (N-methyl/N-ethyl adjacent to an activating group) is 1. The van der Waals surface area contributed by atoms with Crippen molar-refractivity contribution in [2.24, 2.45) is 0 Å². The number of carboxylic acid groups (broad SMARTS) is 1. The topological polar surface area (TPSA) is 92.4 Å². The lowest BCUT2D eigenvalue weighted by Crippen LogP contribution is -2.41. The summed E-state index contributed by atoms with van der Waals surface area (Å²) in [6.45, 7) is 1.70. The van der Waals surface area contributed by atoms with Crippen molar-refractivity contribution in [3.8, 4) is 0 Å². The number of hydrogen-bond donors (Lipinski definition) is 2. The fraction of sp³-hybridized carbons (Fsp3) is 0.250. The van der Waals surface area contributed by atoms with Crippen molar-refractivity contribution in [2.75, 3.05) is 7.05 Å². The molecule has 1 aromatic heterocycles. The maximum absolute atomic E-state index is 12.0. The summed E-state index contributed by atoms with van der Waals surface area (Å²) in [5.74, 6) is -1.22. The lowest BCUT2D eigenvalue weighted by Gasteiger charge is -2.09. The molecule has 0 bridgehead atoms. The van der Waals surface area contributed by atoms with Crippen molar-refractivity contribution in [3.63, 3.8) is 0 Å². The largest absolute Gasteiger partial charge is 0.480 e. The first-order valence-electron chi connectivity index (χ1n) is 5.34.